The number of benzene rings is 2. The van der Waals surface area contributed by atoms with Crippen LogP contribution in [0, 0.1) is 0 Å². The lowest BCUT2D eigenvalue weighted by atomic mass is 9.95. The van der Waals surface area contributed by atoms with E-state index in [0.717, 1.165) is 35.3 Å². The van der Waals surface area contributed by atoms with Crippen molar-refractivity contribution in [3.63, 3.8) is 0 Å². The molecule has 0 bridgehead atoms. The summed E-state index contributed by atoms with van der Waals surface area (Å²) < 4.78 is 5.11. The van der Waals surface area contributed by atoms with E-state index in [1.807, 2.05) is 70.3 Å². The maximum Gasteiger partial charge on any atom is 0.350 e. The minimum Gasteiger partial charge on any atom is -0.341 e. The maximum atomic E-state index is 12.9. The number of carbonyl (C=O) groups excluding carboxylic acids is 1. The molecule has 0 saturated carbocycles. The summed E-state index contributed by atoms with van der Waals surface area (Å²) in [5.41, 5.74) is 1.76. The number of hydrogen-bond donors (Lipinski definition) is 0. The average molecular weight is 415 g/mol. The lowest BCUT2D eigenvalue weighted by molar-refractivity contribution is -0.132. The van der Waals surface area contributed by atoms with Crippen molar-refractivity contribution in [1.29, 1.82) is 0 Å². The second-order valence-corrected chi connectivity index (χ2v) is 8.09. The van der Waals surface area contributed by atoms with E-state index in [2.05, 4.69) is 11.2 Å². The summed E-state index contributed by atoms with van der Waals surface area (Å²) in [6.45, 7) is 1.68. The third kappa shape index (κ3) is 3.56. The zero-order chi connectivity index (χ0) is 21.4. The van der Waals surface area contributed by atoms with Gasteiger partial charge in [-0.15, -0.1) is 0 Å². The molecule has 1 amide bonds. The van der Waals surface area contributed by atoms with E-state index in [-0.39, 0.29) is 17.5 Å². The predicted octanol–water partition coefficient (Wildman–Crippen LogP) is 2.93. The van der Waals surface area contributed by atoms with E-state index >= 15 is 0 Å². The predicted molar refractivity (Wildman–Crippen MR) is 119 cm³/mol. The Morgan fingerprint density at radius 1 is 1.00 bits per heavy atom. The summed E-state index contributed by atoms with van der Waals surface area (Å²) in [6, 6.07) is 19.8. The Hall–Kier alpha value is -3.61. The molecule has 3 heterocycles. The molecule has 2 aromatic heterocycles. The molecule has 0 aliphatic carbocycles. The molecule has 0 atom stereocenters. The van der Waals surface area contributed by atoms with Crippen molar-refractivity contribution in [3.8, 4) is 5.69 Å². The van der Waals surface area contributed by atoms with Crippen LogP contribution < -0.4 is 5.69 Å². The van der Waals surface area contributed by atoms with Gasteiger partial charge in [0.15, 0.2) is 0 Å². The van der Waals surface area contributed by atoms with Crippen molar-refractivity contribution in [2.45, 2.75) is 25.3 Å². The highest BCUT2D eigenvalue weighted by Gasteiger charge is 2.28. The van der Waals surface area contributed by atoms with Crippen LogP contribution in [0.25, 0.3) is 16.6 Å². The highest BCUT2D eigenvalue weighted by Crippen LogP contribution is 2.28. The molecule has 0 spiro atoms. The number of hydrogen-bond acceptors (Lipinski definition) is 3. The standard InChI is InChI=1S/C24H25N5O2/c1-26-24(31)29(20-8-3-2-4-9-20)23(25-26)19-12-14-27(15-13-19)22(30)17-28-16-11-18-7-5-6-10-21(18)28/h2-11,16,19H,12-15,17H2,1H3. The summed E-state index contributed by atoms with van der Waals surface area (Å²) in [5.74, 6) is 1.05. The molecule has 4 aromatic rings. The lowest BCUT2D eigenvalue weighted by Crippen LogP contribution is -2.40. The topological polar surface area (TPSA) is 65.1 Å². The number of aromatic nitrogens is 4. The highest BCUT2D eigenvalue weighted by atomic mass is 16.2. The van der Waals surface area contributed by atoms with Gasteiger partial charge in [0.2, 0.25) is 5.91 Å². The second-order valence-electron chi connectivity index (χ2n) is 8.09. The monoisotopic (exact) mass is 415 g/mol. The molecular weight excluding hydrogens is 390 g/mol. The van der Waals surface area contributed by atoms with Gasteiger partial charge < -0.3 is 9.47 Å². The molecule has 158 valence electrons. The van der Waals surface area contributed by atoms with Crippen molar-refractivity contribution in [1.82, 2.24) is 23.8 Å². The lowest BCUT2D eigenvalue weighted by Gasteiger charge is -2.31. The van der Waals surface area contributed by atoms with Gasteiger partial charge in [0.1, 0.15) is 12.4 Å². The van der Waals surface area contributed by atoms with Crippen LogP contribution in [-0.4, -0.2) is 42.8 Å². The summed E-state index contributed by atoms with van der Waals surface area (Å²) >= 11 is 0. The number of carbonyl (C=O) groups is 1. The summed E-state index contributed by atoms with van der Waals surface area (Å²) in [4.78, 5) is 27.5. The van der Waals surface area contributed by atoms with Crippen LogP contribution in [0.4, 0.5) is 0 Å². The third-order valence-electron chi connectivity index (χ3n) is 6.16. The van der Waals surface area contributed by atoms with Gasteiger partial charge in [0.05, 0.1) is 5.69 Å². The van der Waals surface area contributed by atoms with Crippen LogP contribution in [-0.2, 0) is 18.4 Å². The molecule has 1 saturated heterocycles. The second kappa shape index (κ2) is 7.91. The van der Waals surface area contributed by atoms with Crippen LogP contribution >= 0.6 is 0 Å². The van der Waals surface area contributed by atoms with Gasteiger partial charge >= 0.3 is 5.69 Å². The Kier molecular flexibility index (Phi) is 4.94. The Morgan fingerprint density at radius 3 is 2.48 bits per heavy atom. The van der Waals surface area contributed by atoms with Crippen LogP contribution in [0.3, 0.4) is 0 Å². The van der Waals surface area contributed by atoms with Gasteiger partial charge in [-0.05, 0) is 42.5 Å². The first-order valence-electron chi connectivity index (χ1n) is 10.6. The van der Waals surface area contributed by atoms with Crippen LogP contribution in [0.2, 0.25) is 0 Å². The van der Waals surface area contributed by atoms with Crippen molar-refractivity contribution >= 4 is 16.8 Å². The fourth-order valence-electron chi connectivity index (χ4n) is 4.48. The van der Waals surface area contributed by atoms with Gasteiger partial charge in [-0.25, -0.2) is 14.0 Å². The smallest absolute Gasteiger partial charge is 0.341 e. The molecule has 7 heteroatoms. The van der Waals surface area contributed by atoms with Crippen LogP contribution in [0.5, 0.6) is 0 Å². The van der Waals surface area contributed by atoms with E-state index in [0.29, 0.717) is 19.6 Å². The Labute approximate surface area is 180 Å². The fourth-order valence-corrected chi connectivity index (χ4v) is 4.48. The first-order valence-corrected chi connectivity index (χ1v) is 10.6. The van der Waals surface area contributed by atoms with Gasteiger partial charge in [-0.1, -0.05) is 36.4 Å². The molecule has 2 aromatic carbocycles. The van der Waals surface area contributed by atoms with Gasteiger partial charge in [-0.2, -0.15) is 5.10 Å². The molecule has 1 aliphatic rings. The quantitative estimate of drug-likeness (QED) is 0.515. The van der Waals surface area contributed by atoms with E-state index in [1.54, 1.807) is 11.6 Å². The van der Waals surface area contributed by atoms with E-state index < -0.39 is 0 Å². The largest absolute Gasteiger partial charge is 0.350 e. The Bertz CT molecular complexity index is 1280. The van der Waals surface area contributed by atoms with Crippen molar-refractivity contribution in [3.05, 3.63) is 83.2 Å². The molecule has 1 fully saturated rings. The molecule has 0 radical (unpaired) electrons. The summed E-state index contributed by atoms with van der Waals surface area (Å²) in [7, 11) is 1.69. The molecule has 0 N–H and O–H groups in total. The number of rotatable bonds is 4. The molecule has 5 rings (SSSR count). The minimum atomic E-state index is -0.140. The van der Waals surface area contributed by atoms with Crippen molar-refractivity contribution in [2.24, 2.45) is 7.05 Å². The van der Waals surface area contributed by atoms with Gasteiger partial charge in [0.25, 0.3) is 0 Å². The molecule has 1 aliphatic heterocycles. The number of nitrogens with zero attached hydrogens (tertiary/aromatic N) is 5. The number of para-hydroxylation sites is 2. The SMILES string of the molecule is Cn1nc(C2CCN(C(=O)Cn3ccc4ccccc43)CC2)n(-c2ccccc2)c1=O. The van der Waals surface area contributed by atoms with Crippen molar-refractivity contribution < 1.29 is 4.79 Å². The molecule has 7 nitrogen and oxygen atoms in total. The van der Waals surface area contributed by atoms with E-state index in [4.69, 9.17) is 0 Å². The Morgan fingerprint density at radius 2 is 1.71 bits per heavy atom. The maximum absolute atomic E-state index is 12.9. The number of likely N-dealkylation sites (tertiary alicyclic amines) is 1. The fraction of sp³-hybridized carbons (Fsp3) is 0.292. The zero-order valence-electron chi connectivity index (χ0n) is 17.5. The Balaban J connectivity index is 1.30. The van der Waals surface area contributed by atoms with Gasteiger partial charge in [-0.3, -0.25) is 4.79 Å². The minimum absolute atomic E-state index is 0.126. The summed E-state index contributed by atoms with van der Waals surface area (Å²) in [6.07, 6.45) is 3.56. The normalized spacial score (nSPS) is 14.9. The summed E-state index contributed by atoms with van der Waals surface area (Å²) in [5, 5.41) is 5.68. The van der Waals surface area contributed by atoms with E-state index in [9.17, 15) is 9.59 Å². The molecule has 0 unspecified atom stereocenters. The van der Waals surface area contributed by atoms with E-state index in [1.165, 1.54) is 4.68 Å². The number of piperidine rings is 1. The zero-order valence-corrected chi connectivity index (χ0v) is 17.5. The number of aryl methyl sites for hydroxylation is 1. The van der Waals surface area contributed by atoms with Crippen molar-refractivity contribution in [2.75, 3.05) is 13.1 Å². The van der Waals surface area contributed by atoms with Gasteiger partial charge in [0, 0.05) is 37.8 Å². The van der Waals surface area contributed by atoms with Crippen LogP contribution in [0.1, 0.15) is 24.6 Å². The number of amides is 1. The average Bonchev–Trinajstić information content (AvgIpc) is 3.35. The first kappa shape index (κ1) is 19.4. The van der Waals surface area contributed by atoms with Crippen LogP contribution in [0.15, 0.2) is 71.7 Å². The molecule has 31 heavy (non-hydrogen) atoms. The first-order chi connectivity index (χ1) is 15.1. The molecular formula is C24H25N5O2. The third-order valence-corrected chi connectivity index (χ3v) is 6.16. The number of fused-ring (bicyclic) bond motifs is 1. The highest BCUT2D eigenvalue weighted by molar-refractivity contribution is 5.83.